The number of hydrogen-bond donors (Lipinski definition) is 1. The number of hydrogen-bond acceptors (Lipinski definition) is 5. The normalized spacial score (nSPS) is 10.4. The molecule has 18 heavy (non-hydrogen) atoms. The third kappa shape index (κ3) is 2.86. The van der Waals surface area contributed by atoms with Gasteiger partial charge in [0, 0.05) is 6.07 Å². The van der Waals surface area contributed by atoms with Crippen LogP contribution in [-0.2, 0) is 18.0 Å². The van der Waals surface area contributed by atoms with Crippen LogP contribution in [0.2, 0.25) is 0 Å². The van der Waals surface area contributed by atoms with Crippen LogP contribution >= 0.6 is 0 Å². The molecule has 0 fully saturated rings. The quantitative estimate of drug-likeness (QED) is 0.498. The van der Waals surface area contributed by atoms with Gasteiger partial charge in [0.1, 0.15) is 18.1 Å². The summed E-state index contributed by atoms with van der Waals surface area (Å²) in [4.78, 5) is 10.2. The molecule has 6 heteroatoms. The Morgan fingerprint density at radius 2 is 2.17 bits per heavy atom. The van der Waals surface area contributed by atoms with Crippen molar-refractivity contribution < 1.29 is 14.1 Å². The fourth-order valence-corrected chi connectivity index (χ4v) is 1.50. The van der Waals surface area contributed by atoms with E-state index < -0.39 is 4.92 Å². The number of nitro groups is 1. The summed E-state index contributed by atoms with van der Waals surface area (Å²) >= 11 is 0. The Labute approximate surface area is 103 Å². The first-order chi connectivity index (χ1) is 8.66. The first-order valence-electron chi connectivity index (χ1n) is 5.30. The Morgan fingerprint density at radius 3 is 2.83 bits per heavy atom. The van der Waals surface area contributed by atoms with E-state index >= 15 is 0 Å². The Morgan fingerprint density at radius 1 is 1.33 bits per heavy atom. The highest BCUT2D eigenvalue weighted by atomic mass is 16.6. The van der Waals surface area contributed by atoms with E-state index in [-0.39, 0.29) is 18.0 Å². The highest BCUT2D eigenvalue weighted by Gasteiger charge is 2.11. The summed E-state index contributed by atoms with van der Waals surface area (Å²) in [5.74, 6) is 0.708. The van der Waals surface area contributed by atoms with E-state index in [1.165, 1.54) is 12.1 Å². The lowest BCUT2D eigenvalue weighted by Gasteiger charge is -2.04. The summed E-state index contributed by atoms with van der Waals surface area (Å²) in [6, 6.07) is 8.18. The lowest BCUT2D eigenvalue weighted by molar-refractivity contribution is -0.384. The Kier molecular flexibility index (Phi) is 3.59. The lowest BCUT2D eigenvalue weighted by atomic mass is 10.2. The first-order valence-corrected chi connectivity index (χ1v) is 5.30. The van der Waals surface area contributed by atoms with Gasteiger partial charge >= 0.3 is 0 Å². The van der Waals surface area contributed by atoms with Crippen LogP contribution in [-0.4, -0.2) is 4.92 Å². The molecule has 2 rings (SSSR count). The van der Waals surface area contributed by atoms with Crippen LogP contribution in [0.25, 0.3) is 0 Å². The van der Waals surface area contributed by atoms with E-state index in [1.54, 1.807) is 24.5 Å². The van der Waals surface area contributed by atoms with Gasteiger partial charge in [0.2, 0.25) is 0 Å². The van der Waals surface area contributed by atoms with Crippen LogP contribution in [0.1, 0.15) is 11.3 Å². The van der Waals surface area contributed by atoms with Crippen molar-refractivity contribution in [2.45, 2.75) is 13.2 Å². The highest BCUT2D eigenvalue weighted by molar-refractivity contribution is 5.59. The average Bonchev–Trinajstić information content (AvgIpc) is 2.84. The Balaban J connectivity index is 1.97. The van der Waals surface area contributed by atoms with Crippen molar-refractivity contribution in [1.29, 1.82) is 0 Å². The maximum atomic E-state index is 10.7. The molecule has 0 unspecified atom stereocenters. The molecule has 0 bridgehead atoms. The van der Waals surface area contributed by atoms with Gasteiger partial charge in [-0.05, 0) is 23.8 Å². The summed E-state index contributed by atoms with van der Waals surface area (Å²) in [5.41, 5.74) is 6.24. The van der Waals surface area contributed by atoms with Crippen LogP contribution < -0.4 is 5.73 Å². The van der Waals surface area contributed by atoms with Crippen molar-refractivity contribution in [3.63, 3.8) is 0 Å². The molecule has 0 aliphatic carbocycles. The maximum Gasteiger partial charge on any atom is 0.292 e. The number of nitrogens with two attached hydrogens (primary N) is 1. The smallest absolute Gasteiger partial charge is 0.292 e. The second kappa shape index (κ2) is 5.33. The van der Waals surface area contributed by atoms with Gasteiger partial charge < -0.3 is 14.9 Å². The molecule has 1 heterocycles. The number of ether oxygens (including phenoxy) is 1. The largest absolute Gasteiger partial charge is 0.467 e. The van der Waals surface area contributed by atoms with Crippen molar-refractivity contribution in [3.05, 3.63) is 58.0 Å². The van der Waals surface area contributed by atoms with Crippen molar-refractivity contribution in [1.82, 2.24) is 0 Å². The zero-order valence-electron chi connectivity index (χ0n) is 9.54. The summed E-state index contributed by atoms with van der Waals surface area (Å²) in [7, 11) is 0. The van der Waals surface area contributed by atoms with Gasteiger partial charge in [-0.1, -0.05) is 6.07 Å². The standard InChI is InChI=1S/C12H12N2O4/c13-11-4-3-9(6-12(11)14(15)16)7-17-8-10-2-1-5-18-10/h1-6H,7-8,13H2. The molecule has 0 spiro atoms. The van der Waals surface area contributed by atoms with Gasteiger partial charge in [-0.3, -0.25) is 10.1 Å². The van der Waals surface area contributed by atoms with Gasteiger partial charge in [0.05, 0.1) is 17.8 Å². The second-order valence-corrected chi connectivity index (χ2v) is 3.72. The fourth-order valence-electron chi connectivity index (χ4n) is 1.50. The van der Waals surface area contributed by atoms with Gasteiger partial charge in [-0.15, -0.1) is 0 Å². The van der Waals surface area contributed by atoms with E-state index in [1.807, 2.05) is 0 Å². The Bertz CT molecular complexity index is 537. The van der Waals surface area contributed by atoms with Crippen LogP contribution in [0.5, 0.6) is 0 Å². The first kappa shape index (κ1) is 12.1. The molecule has 0 radical (unpaired) electrons. The molecule has 0 aliphatic heterocycles. The number of anilines is 1. The molecule has 94 valence electrons. The zero-order valence-corrected chi connectivity index (χ0v) is 9.54. The van der Waals surface area contributed by atoms with E-state index in [0.717, 1.165) is 0 Å². The fraction of sp³-hybridized carbons (Fsp3) is 0.167. The van der Waals surface area contributed by atoms with Gasteiger partial charge in [-0.2, -0.15) is 0 Å². The predicted molar refractivity (Wildman–Crippen MR) is 64.7 cm³/mol. The number of furan rings is 1. The second-order valence-electron chi connectivity index (χ2n) is 3.72. The van der Waals surface area contributed by atoms with Crippen molar-refractivity contribution in [2.75, 3.05) is 5.73 Å². The van der Waals surface area contributed by atoms with Crippen LogP contribution in [0, 0.1) is 10.1 Å². The summed E-state index contributed by atoms with van der Waals surface area (Å²) in [6.07, 6.45) is 1.56. The molecule has 0 saturated heterocycles. The molecule has 0 atom stereocenters. The van der Waals surface area contributed by atoms with Crippen molar-refractivity contribution >= 4 is 11.4 Å². The van der Waals surface area contributed by atoms with Gasteiger partial charge in [0.25, 0.3) is 5.69 Å². The average molecular weight is 248 g/mol. The van der Waals surface area contributed by atoms with E-state index in [4.69, 9.17) is 14.9 Å². The molecule has 1 aromatic carbocycles. The van der Waals surface area contributed by atoms with Crippen LogP contribution in [0.3, 0.4) is 0 Å². The molecule has 2 aromatic rings. The third-order valence-corrected chi connectivity index (χ3v) is 2.38. The minimum absolute atomic E-state index is 0.103. The topological polar surface area (TPSA) is 91.5 Å². The minimum Gasteiger partial charge on any atom is -0.467 e. The molecular weight excluding hydrogens is 236 g/mol. The summed E-state index contributed by atoms with van der Waals surface area (Å²) < 4.78 is 10.5. The highest BCUT2D eigenvalue weighted by Crippen LogP contribution is 2.22. The zero-order chi connectivity index (χ0) is 13.0. The number of nitro benzene ring substituents is 1. The van der Waals surface area contributed by atoms with Crippen LogP contribution in [0.4, 0.5) is 11.4 Å². The van der Waals surface area contributed by atoms with Crippen molar-refractivity contribution in [2.24, 2.45) is 0 Å². The summed E-state index contributed by atoms with van der Waals surface area (Å²) in [6.45, 7) is 0.590. The molecule has 2 N–H and O–H groups in total. The molecular formula is C12H12N2O4. The molecule has 0 amide bonds. The molecule has 0 aliphatic rings. The maximum absolute atomic E-state index is 10.7. The van der Waals surface area contributed by atoms with Gasteiger partial charge in [-0.25, -0.2) is 0 Å². The van der Waals surface area contributed by atoms with E-state index in [0.29, 0.717) is 17.9 Å². The molecule has 1 aromatic heterocycles. The number of benzene rings is 1. The SMILES string of the molecule is Nc1ccc(COCc2ccco2)cc1[N+](=O)[O-]. The summed E-state index contributed by atoms with van der Waals surface area (Å²) in [5, 5.41) is 10.7. The van der Waals surface area contributed by atoms with E-state index in [2.05, 4.69) is 0 Å². The van der Waals surface area contributed by atoms with Crippen LogP contribution in [0.15, 0.2) is 41.0 Å². The third-order valence-electron chi connectivity index (χ3n) is 2.38. The predicted octanol–water partition coefficient (Wildman–Crippen LogP) is 2.49. The minimum atomic E-state index is -0.509. The lowest BCUT2D eigenvalue weighted by Crippen LogP contribution is -1.98. The Hall–Kier alpha value is -2.34. The number of nitrogen functional groups attached to an aromatic ring is 1. The number of rotatable bonds is 5. The molecule has 6 nitrogen and oxygen atoms in total. The molecule has 0 saturated carbocycles. The van der Waals surface area contributed by atoms with Gasteiger partial charge in [0.15, 0.2) is 0 Å². The van der Waals surface area contributed by atoms with Crippen molar-refractivity contribution in [3.8, 4) is 0 Å². The monoisotopic (exact) mass is 248 g/mol. The van der Waals surface area contributed by atoms with E-state index in [9.17, 15) is 10.1 Å². The number of nitrogens with zero attached hydrogens (tertiary/aromatic N) is 1.